The largest absolute Gasteiger partial charge is 0.439 e. The fourth-order valence-corrected chi connectivity index (χ4v) is 3.28. The van der Waals surface area contributed by atoms with Crippen LogP contribution in [0, 0.1) is 0 Å². The Morgan fingerprint density at radius 2 is 1.87 bits per heavy atom. The zero-order valence-corrected chi connectivity index (χ0v) is 16.4. The van der Waals surface area contributed by atoms with Crippen LogP contribution in [0.1, 0.15) is 17.5 Å². The highest BCUT2D eigenvalue weighted by atomic mass is 16.6. The molecule has 0 spiro atoms. The number of rotatable bonds is 6. The van der Waals surface area contributed by atoms with Crippen LogP contribution in [-0.2, 0) is 16.1 Å². The number of amidine groups is 1. The molecule has 2 N–H and O–H groups in total. The number of aromatic nitrogens is 1. The van der Waals surface area contributed by atoms with Crippen molar-refractivity contribution in [2.75, 3.05) is 18.1 Å². The van der Waals surface area contributed by atoms with Crippen molar-refractivity contribution in [2.24, 2.45) is 10.9 Å². The maximum Gasteiger partial charge on any atom is 0.267 e. The van der Waals surface area contributed by atoms with E-state index in [-0.39, 0.29) is 18.3 Å². The number of carbonyl (C=O) groups excluding carboxylic acids is 1. The van der Waals surface area contributed by atoms with Crippen LogP contribution in [-0.4, -0.2) is 29.9 Å². The molecule has 0 radical (unpaired) electrons. The maximum atomic E-state index is 12.6. The van der Waals surface area contributed by atoms with Crippen molar-refractivity contribution < 1.29 is 14.4 Å². The highest BCUT2D eigenvalue weighted by Crippen LogP contribution is 2.26. The quantitative estimate of drug-likeness (QED) is 0.387. The number of para-hydroxylation sites is 2. The van der Waals surface area contributed by atoms with Gasteiger partial charge in [-0.15, -0.1) is 0 Å². The Kier molecular flexibility index (Phi) is 5.89. The molecule has 0 saturated heterocycles. The number of hydrogen-bond acceptors (Lipinski definition) is 5. The standard InChI is InChI=1S/C23H22N4O3/c24-23(18-12-13-21(25-15-18)30-19-9-2-1-3-10-19)26-29-16-22(28)27-14-6-8-17-7-4-5-11-20(17)27/h1-5,7,9-13,15H,6,8,14,16H2,(H2,24,26). The first-order valence-corrected chi connectivity index (χ1v) is 9.74. The summed E-state index contributed by atoms with van der Waals surface area (Å²) in [7, 11) is 0. The van der Waals surface area contributed by atoms with E-state index in [1.54, 1.807) is 23.2 Å². The van der Waals surface area contributed by atoms with Crippen LogP contribution in [0.25, 0.3) is 0 Å². The van der Waals surface area contributed by atoms with Crippen LogP contribution in [0.3, 0.4) is 0 Å². The fourth-order valence-electron chi connectivity index (χ4n) is 3.28. The summed E-state index contributed by atoms with van der Waals surface area (Å²) >= 11 is 0. The number of carbonyl (C=O) groups is 1. The van der Waals surface area contributed by atoms with Crippen LogP contribution in [0.4, 0.5) is 5.69 Å². The van der Waals surface area contributed by atoms with Gasteiger partial charge >= 0.3 is 0 Å². The predicted molar refractivity (Wildman–Crippen MR) is 115 cm³/mol. The Bertz CT molecular complexity index is 1040. The number of amides is 1. The molecule has 0 atom stereocenters. The van der Waals surface area contributed by atoms with Crippen molar-refractivity contribution >= 4 is 17.4 Å². The first-order chi connectivity index (χ1) is 14.7. The maximum absolute atomic E-state index is 12.6. The van der Waals surface area contributed by atoms with E-state index in [4.69, 9.17) is 15.3 Å². The molecule has 0 aliphatic carbocycles. The number of nitrogens with two attached hydrogens (primary N) is 1. The lowest BCUT2D eigenvalue weighted by Gasteiger charge is -2.28. The Labute approximate surface area is 174 Å². The Morgan fingerprint density at radius 1 is 1.07 bits per heavy atom. The molecule has 1 aromatic heterocycles. The number of benzene rings is 2. The van der Waals surface area contributed by atoms with E-state index in [1.807, 2.05) is 54.6 Å². The normalized spacial score (nSPS) is 13.5. The topological polar surface area (TPSA) is 90.0 Å². The van der Waals surface area contributed by atoms with Gasteiger partial charge in [0.1, 0.15) is 5.75 Å². The average molecular weight is 402 g/mol. The molecular formula is C23H22N4O3. The molecule has 7 nitrogen and oxygen atoms in total. The van der Waals surface area contributed by atoms with Gasteiger partial charge in [0.15, 0.2) is 12.4 Å². The van der Waals surface area contributed by atoms with Crippen molar-refractivity contribution in [3.8, 4) is 11.6 Å². The van der Waals surface area contributed by atoms with Gasteiger partial charge in [-0.1, -0.05) is 41.6 Å². The second-order valence-electron chi connectivity index (χ2n) is 6.83. The van der Waals surface area contributed by atoms with E-state index in [1.165, 1.54) is 5.56 Å². The van der Waals surface area contributed by atoms with Crippen molar-refractivity contribution in [3.05, 3.63) is 84.1 Å². The molecule has 1 amide bonds. The minimum atomic E-state index is -0.183. The molecule has 0 unspecified atom stereocenters. The molecule has 7 heteroatoms. The van der Waals surface area contributed by atoms with Crippen molar-refractivity contribution in [3.63, 3.8) is 0 Å². The fraction of sp³-hybridized carbons (Fsp3) is 0.174. The number of hydrogen-bond donors (Lipinski definition) is 1. The summed E-state index contributed by atoms with van der Waals surface area (Å²) in [6.07, 6.45) is 3.45. The number of pyridine rings is 1. The first-order valence-electron chi connectivity index (χ1n) is 9.74. The van der Waals surface area contributed by atoms with Crippen molar-refractivity contribution in [1.82, 2.24) is 4.98 Å². The molecule has 0 saturated carbocycles. The number of fused-ring (bicyclic) bond motifs is 1. The molecule has 0 fully saturated rings. The van der Waals surface area contributed by atoms with Gasteiger partial charge in [0.2, 0.25) is 5.88 Å². The van der Waals surface area contributed by atoms with Gasteiger partial charge < -0.3 is 20.2 Å². The van der Waals surface area contributed by atoms with Crippen LogP contribution in [0.15, 0.2) is 78.1 Å². The molecule has 1 aliphatic heterocycles. The van der Waals surface area contributed by atoms with E-state index < -0.39 is 0 Å². The Morgan fingerprint density at radius 3 is 2.67 bits per heavy atom. The van der Waals surface area contributed by atoms with Gasteiger partial charge in [0, 0.05) is 30.1 Å². The monoisotopic (exact) mass is 402 g/mol. The third kappa shape index (κ3) is 4.57. The predicted octanol–water partition coefficient (Wildman–Crippen LogP) is 3.49. The summed E-state index contributed by atoms with van der Waals surface area (Å²) in [5.74, 6) is 1.13. The summed E-state index contributed by atoms with van der Waals surface area (Å²) in [5.41, 5.74) is 8.64. The highest BCUT2D eigenvalue weighted by Gasteiger charge is 2.22. The Hall–Kier alpha value is -3.87. The van der Waals surface area contributed by atoms with E-state index in [2.05, 4.69) is 10.1 Å². The van der Waals surface area contributed by atoms with Gasteiger partial charge in [-0.3, -0.25) is 4.79 Å². The second-order valence-corrected chi connectivity index (χ2v) is 6.83. The lowest BCUT2D eigenvalue weighted by Crippen LogP contribution is -2.37. The van der Waals surface area contributed by atoms with Gasteiger partial charge in [0.05, 0.1) is 0 Å². The third-order valence-corrected chi connectivity index (χ3v) is 4.76. The molecule has 30 heavy (non-hydrogen) atoms. The molecule has 3 aromatic rings. The van der Waals surface area contributed by atoms with Crippen LogP contribution in [0.5, 0.6) is 11.6 Å². The summed E-state index contributed by atoms with van der Waals surface area (Å²) < 4.78 is 5.65. The summed E-state index contributed by atoms with van der Waals surface area (Å²) in [6.45, 7) is 0.489. The SMILES string of the molecule is N/C(=N/OCC(=O)N1CCCc2ccccc21)c1ccc(Oc2ccccc2)nc1. The van der Waals surface area contributed by atoms with Crippen LogP contribution in [0.2, 0.25) is 0 Å². The lowest BCUT2D eigenvalue weighted by molar-refractivity contribution is -0.123. The smallest absolute Gasteiger partial charge is 0.267 e. The van der Waals surface area contributed by atoms with Crippen LogP contribution < -0.4 is 15.4 Å². The minimum Gasteiger partial charge on any atom is -0.439 e. The Balaban J connectivity index is 1.34. The van der Waals surface area contributed by atoms with Gasteiger partial charge in [0.25, 0.3) is 5.91 Å². The average Bonchev–Trinajstić information content (AvgIpc) is 2.79. The molecule has 0 bridgehead atoms. The summed E-state index contributed by atoms with van der Waals surface area (Å²) in [5, 5.41) is 3.86. The van der Waals surface area contributed by atoms with Gasteiger partial charge in [-0.2, -0.15) is 0 Å². The van der Waals surface area contributed by atoms with Crippen molar-refractivity contribution in [2.45, 2.75) is 12.8 Å². The first kappa shape index (κ1) is 19.4. The lowest BCUT2D eigenvalue weighted by atomic mass is 10.0. The van der Waals surface area contributed by atoms with E-state index in [0.717, 1.165) is 18.5 Å². The highest BCUT2D eigenvalue weighted by molar-refractivity contribution is 5.97. The molecule has 152 valence electrons. The van der Waals surface area contributed by atoms with E-state index >= 15 is 0 Å². The number of aryl methyl sites for hydroxylation is 1. The molecule has 1 aliphatic rings. The zero-order valence-electron chi connectivity index (χ0n) is 16.4. The summed E-state index contributed by atoms with van der Waals surface area (Å²) in [6, 6.07) is 20.7. The van der Waals surface area contributed by atoms with Gasteiger partial charge in [-0.05, 0) is 42.7 Å². The number of nitrogens with zero attached hydrogens (tertiary/aromatic N) is 3. The van der Waals surface area contributed by atoms with E-state index in [0.29, 0.717) is 23.7 Å². The van der Waals surface area contributed by atoms with Crippen LogP contribution >= 0.6 is 0 Å². The third-order valence-electron chi connectivity index (χ3n) is 4.76. The van der Waals surface area contributed by atoms with Gasteiger partial charge in [-0.25, -0.2) is 4.98 Å². The second kappa shape index (κ2) is 9.09. The van der Waals surface area contributed by atoms with E-state index in [9.17, 15) is 4.79 Å². The molecular weight excluding hydrogens is 380 g/mol. The minimum absolute atomic E-state index is 0.139. The molecule has 4 rings (SSSR count). The van der Waals surface area contributed by atoms with Crippen molar-refractivity contribution in [1.29, 1.82) is 0 Å². The number of anilines is 1. The molecule has 2 aromatic carbocycles. The zero-order chi connectivity index (χ0) is 20.8. The summed E-state index contributed by atoms with van der Waals surface area (Å²) in [4.78, 5) is 23.7. The number of oxime groups is 1. The number of ether oxygens (including phenoxy) is 1. The molecule has 2 heterocycles.